The first-order valence-corrected chi connectivity index (χ1v) is 18.1. The van der Waals surface area contributed by atoms with Crippen molar-refractivity contribution in [1.29, 1.82) is 0 Å². The van der Waals surface area contributed by atoms with Crippen LogP contribution in [0.1, 0.15) is 83.1 Å². The Bertz CT molecular complexity index is 1240. The lowest BCUT2D eigenvalue weighted by Crippen LogP contribution is -2.15. The van der Waals surface area contributed by atoms with Gasteiger partial charge in [0, 0.05) is 25.3 Å². The average molecular weight is 823 g/mol. The number of carbonyl (C=O) groups is 2. The molecule has 0 amide bonds. The molecule has 0 spiro atoms. The predicted molar refractivity (Wildman–Crippen MR) is 209 cm³/mol. The Kier molecular flexibility index (Phi) is 31.3. The highest BCUT2D eigenvalue weighted by Gasteiger charge is 2.19. The molecule has 0 N–H and O–H groups in total. The van der Waals surface area contributed by atoms with Crippen LogP contribution in [0.15, 0.2) is 36.3 Å². The number of carbonyl (C=O) groups excluding carboxylic acids is 2. The monoisotopic (exact) mass is 822 g/mol. The molecule has 0 bridgehead atoms. The second-order valence-electron chi connectivity index (χ2n) is 10.6. The van der Waals surface area contributed by atoms with Crippen LogP contribution in [0.3, 0.4) is 0 Å². The fourth-order valence-corrected chi connectivity index (χ4v) is 3.96. The topological polar surface area (TPSA) is 117 Å². The standard InChI is InChI=1S/C17H24O5.C15H22O4.C4H10O2.CH3I.CH4/c1-7-21-17(18)16(10-19-5)22-15-8-12(4)14(20-6)9-13(15)11(2)3;1-6-18-15(16)9-19-14-7-11(4)13(17-5)8-12(14)10(2)3;1-5-3-4-6-2;1-2;/h8-11H,7H2,1-6H3;7-8,10H,6,9H2,1-5H3;3-4H2,1-2H3;1H3;1H4/b16-10+;;;;. The SMILES string of the molecule is C.CCOC(=O)/C(=C\OC)Oc1cc(C)c(OC)cc1C(C)C.CCOC(=O)COc1cc(C)c(OC)cc1C(C)C.CI.COCCOC. The van der Waals surface area contributed by atoms with Gasteiger partial charge in [0.15, 0.2) is 6.61 Å². The molecule has 2 aromatic carbocycles. The molecule has 0 aliphatic heterocycles. The minimum absolute atomic E-state index is 0. The summed E-state index contributed by atoms with van der Waals surface area (Å²) in [5.74, 6) is 2.49. The number of aryl methyl sites for hydroxylation is 2. The highest BCUT2D eigenvalue weighted by atomic mass is 127. The first-order valence-electron chi connectivity index (χ1n) is 15.9. The molecule has 0 heterocycles. The molecule has 0 aliphatic carbocycles. The number of hydrogen-bond donors (Lipinski definition) is 0. The van der Waals surface area contributed by atoms with Gasteiger partial charge in [-0.1, -0.05) is 57.7 Å². The first kappa shape index (κ1) is 51.1. The smallest absolute Gasteiger partial charge is 0.377 e. The van der Waals surface area contributed by atoms with Gasteiger partial charge < -0.3 is 42.6 Å². The molecule has 2 rings (SSSR count). The van der Waals surface area contributed by atoms with Crippen LogP contribution in [0.2, 0.25) is 0 Å². The third-order valence-electron chi connectivity index (χ3n) is 6.36. The highest BCUT2D eigenvalue weighted by Crippen LogP contribution is 2.35. The van der Waals surface area contributed by atoms with Crippen molar-refractivity contribution in [3.8, 4) is 23.0 Å². The molecule has 0 saturated carbocycles. The fourth-order valence-electron chi connectivity index (χ4n) is 3.96. The summed E-state index contributed by atoms with van der Waals surface area (Å²) in [5.41, 5.74) is 3.86. The number of ether oxygens (including phenoxy) is 9. The third kappa shape index (κ3) is 19.8. The minimum Gasteiger partial charge on any atom is -0.500 e. The Hall–Kier alpha value is -3.23. The Balaban J connectivity index is -0.000000721. The Morgan fingerprint density at radius 1 is 0.700 bits per heavy atom. The number of benzene rings is 2. The molecule has 288 valence electrons. The predicted octanol–water partition coefficient (Wildman–Crippen LogP) is 8.59. The van der Waals surface area contributed by atoms with E-state index in [2.05, 4.69) is 45.9 Å². The number of methoxy groups -OCH3 is 5. The van der Waals surface area contributed by atoms with E-state index in [9.17, 15) is 9.59 Å². The van der Waals surface area contributed by atoms with Crippen LogP contribution >= 0.6 is 22.6 Å². The zero-order valence-electron chi connectivity index (χ0n) is 31.9. The molecule has 0 radical (unpaired) electrons. The van der Waals surface area contributed by atoms with E-state index < -0.39 is 5.97 Å². The molecule has 0 atom stereocenters. The second kappa shape index (κ2) is 30.6. The van der Waals surface area contributed by atoms with Gasteiger partial charge in [0.2, 0.25) is 5.76 Å². The van der Waals surface area contributed by atoms with Crippen LogP contribution in [-0.4, -0.2) is 85.5 Å². The van der Waals surface area contributed by atoms with E-state index in [0.717, 1.165) is 33.8 Å². The molecule has 50 heavy (non-hydrogen) atoms. The maximum Gasteiger partial charge on any atom is 0.377 e. The van der Waals surface area contributed by atoms with Crippen LogP contribution in [0.25, 0.3) is 0 Å². The van der Waals surface area contributed by atoms with Crippen LogP contribution in [0.5, 0.6) is 23.0 Å². The normalized spacial score (nSPS) is 10.1. The zero-order valence-corrected chi connectivity index (χ0v) is 34.1. The van der Waals surface area contributed by atoms with Gasteiger partial charge in [0.1, 0.15) is 29.3 Å². The summed E-state index contributed by atoms with van der Waals surface area (Å²) in [6.07, 6.45) is 1.24. The van der Waals surface area contributed by atoms with Crippen LogP contribution < -0.4 is 18.9 Å². The third-order valence-corrected chi connectivity index (χ3v) is 6.36. The van der Waals surface area contributed by atoms with Gasteiger partial charge >= 0.3 is 11.9 Å². The minimum atomic E-state index is -0.562. The van der Waals surface area contributed by atoms with Crippen molar-refractivity contribution in [1.82, 2.24) is 0 Å². The van der Waals surface area contributed by atoms with E-state index in [0.29, 0.717) is 31.3 Å². The van der Waals surface area contributed by atoms with Crippen molar-refractivity contribution in [3.63, 3.8) is 0 Å². The van der Waals surface area contributed by atoms with Gasteiger partial charge in [-0.15, -0.1) is 0 Å². The number of halogens is 1. The maximum atomic E-state index is 11.9. The number of alkyl halides is 1. The van der Waals surface area contributed by atoms with E-state index in [1.54, 1.807) is 42.3 Å². The molecule has 0 aliphatic rings. The molecule has 0 saturated heterocycles. The molecule has 0 fully saturated rings. The zero-order chi connectivity index (χ0) is 37.9. The van der Waals surface area contributed by atoms with Gasteiger partial charge in [0.05, 0.1) is 47.8 Å². The van der Waals surface area contributed by atoms with Crippen LogP contribution in [-0.2, 0) is 33.3 Å². The van der Waals surface area contributed by atoms with Gasteiger partial charge in [-0.2, -0.15) is 0 Å². The van der Waals surface area contributed by atoms with E-state index in [1.165, 1.54) is 13.4 Å². The fraction of sp³-hybridized carbons (Fsp3) is 0.579. The van der Waals surface area contributed by atoms with Crippen molar-refractivity contribution < 1.29 is 52.2 Å². The average Bonchev–Trinajstić information content (AvgIpc) is 3.07. The van der Waals surface area contributed by atoms with E-state index >= 15 is 0 Å². The molecule has 0 aromatic heterocycles. The van der Waals surface area contributed by atoms with Gasteiger partial charge in [-0.3, -0.25) is 0 Å². The summed E-state index contributed by atoms with van der Waals surface area (Å²) in [7, 11) is 8.02. The van der Waals surface area contributed by atoms with Crippen LogP contribution in [0.4, 0.5) is 0 Å². The molecule has 12 heteroatoms. The molecule has 0 unspecified atom stereocenters. The number of rotatable bonds is 16. The van der Waals surface area contributed by atoms with Crippen molar-refractivity contribution in [2.24, 2.45) is 0 Å². The lowest BCUT2D eigenvalue weighted by molar-refractivity contribution is -0.145. The van der Waals surface area contributed by atoms with E-state index in [-0.39, 0.29) is 44.2 Å². The summed E-state index contributed by atoms with van der Waals surface area (Å²) >= 11 is 2.15. The van der Waals surface area contributed by atoms with E-state index in [4.69, 9.17) is 33.2 Å². The van der Waals surface area contributed by atoms with Crippen molar-refractivity contribution in [2.45, 2.75) is 74.7 Å². The van der Waals surface area contributed by atoms with Crippen molar-refractivity contribution in [3.05, 3.63) is 58.5 Å². The summed E-state index contributed by atoms with van der Waals surface area (Å²) in [6, 6.07) is 7.62. The lowest BCUT2D eigenvalue weighted by Gasteiger charge is -2.17. The first-order chi connectivity index (χ1) is 23.3. The summed E-state index contributed by atoms with van der Waals surface area (Å²) in [6.45, 7) is 17.5. The Morgan fingerprint density at radius 3 is 1.52 bits per heavy atom. The highest BCUT2D eigenvalue weighted by molar-refractivity contribution is 14.1. The number of esters is 2. The summed E-state index contributed by atoms with van der Waals surface area (Å²) < 4.78 is 46.0. The van der Waals surface area contributed by atoms with E-state index in [1.807, 2.05) is 56.9 Å². The Morgan fingerprint density at radius 2 is 1.14 bits per heavy atom. The lowest BCUT2D eigenvalue weighted by atomic mass is 10.00. The molecular weight excluding hydrogens is 759 g/mol. The second-order valence-corrected chi connectivity index (χ2v) is 10.6. The molecule has 2 aromatic rings. The maximum absolute atomic E-state index is 11.9. The summed E-state index contributed by atoms with van der Waals surface area (Å²) in [5, 5.41) is 0. The largest absolute Gasteiger partial charge is 0.500 e. The van der Waals surface area contributed by atoms with Crippen molar-refractivity contribution >= 4 is 34.5 Å². The van der Waals surface area contributed by atoms with Gasteiger partial charge in [0.25, 0.3) is 0 Å². The van der Waals surface area contributed by atoms with Gasteiger partial charge in [-0.05, 0) is 79.9 Å². The quantitative estimate of drug-likeness (QED) is 0.0405. The van der Waals surface area contributed by atoms with Crippen molar-refractivity contribution in [2.75, 3.05) is 73.5 Å². The van der Waals surface area contributed by atoms with Crippen LogP contribution in [0, 0.1) is 13.8 Å². The Labute approximate surface area is 315 Å². The van der Waals surface area contributed by atoms with Gasteiger partial charge in [-0.25, -0.2) is 9.59 Å². The molecule has 11 nitrogen and oxygen atoms in total. The number of hydrogen-bond acceptors (Lipinski definition) is 11. The summed E-state index contributed by atoms with van der Waals surface area (Å²) in [4.78, 5) is 25.2. The molecular formula is C38H63IO11.